The van der Waals surface area contributed by atoms with E-state index in [1.54, 1.807) is 12.3 Å². The summed E-state index contributed by atoms with van der Waals surface area (Å²) in [6, 6.07) is 12.0. The van der Waals surface area contributed by atoms with Crippen molar-refractivity contribution in [2.75, 3.05) is 41.7 Å². The quantitative estimate of drug-likeness (QED) is 0.542. The van der Waals surface area contributed by atoms with E-state index in [1.807, 2.05) is 29.2 Å². The summed E-state index contributed by atoms with van der Waals surface area (Å²) in [5.41, 5.74) is 3.07. The molecule has 4 rings (SSSR count). The van der Waals surface area contributed by atoms with Crippen molar-refractivity contribution in [3.63, 3.8) is 0 Å². The fourth-order valence-corrected chi connectivity index (χ4v) is 3.88. The van der Waals surface area contributed by atoms with Gasteiger partial charge in [0.15, 0.2) is 0 Å². The van der Waals surface area contributed by atoms with Crippen LogP contribution in [0.1, 0.15) is 31.9 Å². The van der Waals surface area contributed by atoms with Crippen molar-refractivity contribution in [2.24, 2.45) is 0 Å². The molecule has 1 aromatic carbocycles. The minimum Gasteiger partial charge on any atom is -0.354 e. The van der Waals surface area contributed by atoms with Crippen LogP contribution in [0.2, 0.25) is 0 Å². The topological polar surface area (TPSA) is 97.2 Å². The number of aromatic nitrogens is 2. The van der Waals surface area contributed by atoms with Crippen molar-refractivity contribution in [2.45, 2.75) is 26.2 Å². The van der Waals surface area contributed by atoms with Gasteiger partial charge in [0.25, 0.3) is 0 Å². The zero-order chi connectivity index (χ0) is 20.9. The number of nitriles is 1. The summed E-state index contributed by atoms with van der Waals surface area (Å²) >= 11 is 0. The van der Waals surface area contributed by atoms with Crippen molar-refractivity contribution in [3.8, 4) is 6.07 Å². The Morgan fingerprint density at radius 1 is 1.33 bits per heavy atom. The van der Waals surface area contributed by atoms with E-state index in [0.717, 1.165) is 49.7 Å². The predicted octanol–water partition coefficient (Wildman–Crippen LogP) is 3.05. The molecule has 1 aromatic heterocycles. The van der Waals surface area contributed by atoms with Crippen molar-refractivity contribution in [1.82, 2.24) is 14.9 Å². The SMILES string of the molecule is CCN1/C(=C(\C#N)c2ccnc(NCCCN3CCCC3=O)n2)Nc2ccccc21. The van der Waals surface area contributed by atoms with Crippen molar-refractivity contribution < 1.29 is 4.79 Å². The number of benzene rings is 1. The van der Waals surface area contributed by atoms with Crippen molar-refractivity contribution >= 4 is 28.8 Å². The van der Waals surface area contributed by atoms with Crippen LogP contribution in [0.4, 0.5) is 17.3 Å². The van der Waals surface area contributed by atoms with E-state index in [0.29, 0.717) is 30.2 Å². The third-order valence-corrected chi connectivity index (χ3v) is 5.35. The first kappa shape index (κ1) is 19.7. The maximum absolute atomic E-state index is 11.7. The van der Waals surface area contributed by atoms with E-state index in [2.05, 4.69) is 38.5 Å². The number of rotatable bonds is 7. The van der Waals surface area contributed by atoms with E-state index in [4.69, 9.17) is 0 Å². The number of hydrogen-bond donors (Lipinski definition) is 2. The van der Waals surface area contributed by atoms with Gasteiger partial charge in [0.2, 0.25) is 11.9 Å². The lowest BCUT2D eigenvalue weighted by Gasteiger charge is -2.19. The van der Waals surface area contributed by atoms with Gasteiger partial charge in [-0.1, -0.05) is 12.1 Å². The van der Waals surface area contributed by atoms with Gasteiger partial charge in [-0.15, -0.1) is 0 Å². The predicted molar refractivity (Wildman–Crippen MR) is 117 cm³/mol. The van der Waals surface area contributed by atoms with Crippen LogP contribution in [0.3, 0.4) is 0 Å². The second-order valence-electron chi connectivity index (χ2n) is 7.25. The Balaban J connectivity index is 1.47. The largest absolute Gasteiger partial charge is 0.354 e. The van der Waals surface area contributed by atoms with Gasteiger partial charge in [-0.2, -0.15) is 5.26 Å². The molecule has 2 aliphatic rings. The average Bonchev–Trinajstić information content (AvgIpc) is 3.35. The van der Waals surface area contributed by atoms with Gasteiger partial charge in [-0.25, -0.2) is 9.97 Å². The lowest BCUT2D eigenvalue weighted by atomic mass is 10.2. The highest BCUT2D eigenvalue weighted by Crippen LogP contribution is 2.38. The number of anilines is 3. The summed E-state index contributed by atoms with van der Waals surface area (Å²) in [4.78, 5) is 24.5. The molecule has 1 saturated heterocycles. The summed E-state index contributed by atoms with van der Waals surface area (Å²) < 4.78 is 0. The molecule has 8 nitrogen and oxygen atoms in total. The Kier molecular flexibility index (Phi) is 5.80. The number of carbonyl (C=O) groups is 1. The smallest absolute Gasteiger partial charge is 0.223 e. The number of nitrogens with one attached hydrogen (secondary N) is 2. The molecule has 2 aliphatic heterocycles. The van der Waals surface area contributed by atoms with Crippen LogP contribution in [0, 0.1) is 11.3 Å². The molecule has 0 saturated carbocycles. The molecular weight excluding hydrogens is 378 g/mol. The van der Waals surface area contributed by atoms with E-state index in [1.165, 1.54) is 0 Å². The maximum atomic E-state index is 11.7. The molecule has 2 N–H and O–H groups in total. The normalized spacial score (nSPS) is 16.9. The molecule has 0 atom stereocenters. The summed E-state index contributed by atoms with van der Waals surface area (Å²) in [5, 5.41) is 16.5. The lowest BCUT2D eigenvalue weighted by molar-refractivity contribution is -0.127. The molecule has 1 fully saturated rings. The number of allylic oxidation sites excluding steroid dienone is 1. The zero-order valence-electron chi connectivity index (χ0n) is 17.1. The maximum Gasteiger partial charge on any atom is 0.223 e. The average molecular weight is 403 g/mol. The number of para-hydroxylation sites is 2. The summed E-state index contributed by atoms with van der Waals surface area (Å²) in [5.74, 6) is 1.45. The fraction of sp³-hybridized carbons (Fsp3) is 0.364. The molecule has 2 aromatic rings. The molecule has 0 aliphatic carbocycles. The highest BCUT2D eigenvalue weighted by atomic mass is 16.2. The number of hydrogen-bond acceptors (Lipinski definition) is 7. The number of carbonyl (C=O) groups excluding carboxylic acids is 1. The Bertz CT molecular complexity index is 1010. The third kappa shape index (κ3) is 3.92. The molecule has 0 radical (unpaired) electrons. The van der Waals surface area contributed by atoms with Gasteiger partial charge in [0, 0.05) is 38.8 Å². The molecule has 1 amide bonds. The first-order valence-corrected chi connectivity index (χ1v) is 10.3. The molecule has 3 heterocycles. The number of likely N-dealkylation sites (tertiary alicyclic amines) is 1. The Morgan fingerprint density at radius 2 is 2.20 bits per heavy atom. The molecule has 154 valence electrons. The number of nitrogens with zero attached hydrogens (tertiary/aromatic N) is 5. The van der Waals surface area contributed by atoms with Crippen LogP contribution in [-0.4, -0.2) is 47.0 Å². The van der Waals surface area contributed by atoms with Gasteiger partial charge in [-0.05, 0) is 38.0 Å². The van der Waals surface area contributed by atoms with Crippen LogP contribution >= 0.6 is 0 Å². The fourth-order valence-electron chi connectivity index (χ4n) is 3.88. The third-order valence-electron chi connectivity index (χ3n) is 5.35. The second-order valence-corrected chi connectivity index (χ2v) is 7.25. The van der Waals surface area contributed by atoms with Crippen LogP contribution in [0.15, 0.2) is 42.3 Å². The lowest BCUT2D eigenvalue weighted by Crippen LogP contribution is -2.27. The summed E-state index contributed by atoms with van der Waals surface area (Å²) in [7, 11) is 0. The number of amides is 1. The van der Waals surface area contributed by atoms with Gasteiger partial charge < -0.3 is 20.4 Å². The van der Waals surface area contributed by atoms with Crippen molar-refractivity contribution in [1.29, 1.82) is 5.26 Å². The van der Waals surface area contributed by atoms with E-state index >= 15 is 0 Å². The Labute approximate surface area is 176 Å². The first-order valence-electron chi connectivity index (χ1n) is 10.3. The van der Waals surface area contributed by atoms with E-state index < -0.39 is 0 Å². The van der Waals surface area contributed by atoms with E-state index in [-0.39, 0.29) is 5.91 Å². The Hall–Kier alpha value is -3.60. The van der Waals surface area contributed by atoms with Gasteiger partial charge in [0.1, 0.15) is 17.5 Å². The van der Waals surface area contributed by atoms with Gasteiger partial charge >= 0.3 is 0 Å². The molecule has 0 bridgehead atoms. The van der Waals surface area contributed by atoms with Gasteiger partial charge in [-0.3, -0.25) is 4.79 Å². The molecule has 0 spiro atoms. The molecule has 30 heavy (non-hydrogen) atoms. The van der Waals surface area contributed by atoms with Gasteiger partial charge in [0.05, 0.1) is 17.1 Å². The zero-order valence-corrected chi connectivity index (χ0v) is 17.1. The second kappa shape index (κ2) is 8.82. The monoisotopic (exact) mass is 403 g/mol. The van der Waals surface area contributed by atoms with Crippen LogP contribution < -0.4 is 15.5 Å². The highest BCUT2D eigenvalue weighted by molar-refractivity contribution is 5.90. The molecular formula is C22H25N7O. The molecule has 8 heteroatoms. The van der Waals surface area contributed by atoms with E-state index in [9.17, 15) is 10.1 Å². The van der Waals surface area contributed by atoms with Crippen molar-refractivity contribution in [3.05, 3.63) is 48.0 Å². The summed E-state index contributed by atoms with van der Waals surface area (Å²) in [6.45, 7) is 5.04. The van der Waals surface area contributed by atoms with Crippen LogP contribution in [0.5, 0.6) is 0 Å². The minimum absolute atomic E-state index is 0.240. The number of fused-ring (bicyclic) bond motifs is 1. The minimum atomic E-state index is 0.240. The standard InChI is InChI=1S/C22H25N7O/c1-2-29-19-8-4-3-7-18(19)26-21(29)16(15-23)17-10-12-25-22(27-17)24-11-6-14-28-13-5-9-20(28)30/h3-4,7-8,10,12,26H,2,5-6,9,11,13-14H2,1H3,(H,24,25,27)/b21-16+. The molecule has 0 unspecified atom stereocenters. The van der Waals surface area contributed by atoms with Crippen LogP contribution in [-0.2, 0) is 4.79 Å². The Morgan fingerprint density at radius 3 is 2.97 bits per heavy atom. The summed E-state index contributed by atoms with van der Waals surface area (Å²) in [6.07, 6.45) is 4.10. The highest BCUT2D eigenvalue weighted by Gasteiger charge is 2.26. The van der Waals surface area contributed by atoms with Crippen LogP contribution in [0.25, 0.3) is 5.57 Å². The first-order chi connectivity index (χ1) is 14.7.